The molecule has 0 saturated heterocycles. The molecule has 1 N–H and O–H groups in total. The number of allylic oxidation sites excluding steroid dienone is 1. The van der Waals surface area contributed by atoms with Gasteiger partial charge in [0.1, 0.15) is 0 Å². The van der Waals surface area contributed by atoms with Gasteiger partial charge in [0.05, 0.1) is 0 Å². The monoisotopic (exact) mass is 98.1 g/mol. The van der Waals surface area contributed by atoms with Crippen LogP contribution in [0, 0.1) is 6.92 Å². The molecule has 0 unspecified atom stereocenters. The Balaban J connectivity index is 3.14. The van der Waals surface area contributed by atoms with Gasteiger partial charge in [0, 0.05) is 6.92 Å². The van der Waals surface area contributed by atoms with Crippen molar-refractivity contribution < 1.29 is 4.79 Å². The molecule has 0 atom stereocenters. The van der Waals surface area contributed by atoms with Crippen molar-refractivity contribution in [3.05, 3.63) is 19.2 Å². The minimum atomic E-state index is -0.0695. The van der Waals surface area contributed by atoms with Gasteiger partial charge in [-0.2, -0.15) is 0 Å². The number of rotatable bonds is 1. The second kappa shape index (κ2) is 3.40. The first-order valence-corrected chi connectivity index (χ1v) is 1.98. The summed E-state index contributed by atoms with van der Waals surface area (Å²) in [4.78, 5) is 10.0. The van der Waals surface area contributed by atoms with E-state index in [-0.39, 0.29) is 5.91 Å². The van der Waals surface area contributed by atoms with Gasteiger partial charge in [-0.1, -0.05) is 6.08 Å². The van der Waals surface area contributed by atoms with Crippen molar-refractivity contribution in [3.63, 3.8) is 0 Å². The molecule has 1 radical (unpaired) electrons. The lowest BCUT2D eigenvalue weighted by Crippen LogP contribution is -2.10. The Bertz CT molecular complexity index is 86.1. The molecule has 7 heavy (non-hydrogen) atoms. The van der Waals surface area contributed by atoms with Crippen molar-refractivity contribution in [2.45, 2.75) is 6.92 Å². The molecule has 0 aliphatic heterocycles. The van der Waals surface area contributed by atoms with Crippen LogP contribution in [0.15, 0.2) is 12.3 Å². The van der Waals surface area contributed by atoms with Gasteiger partial charge in [-0.05, 0) is 13.1 Å². The molecule has 39 valence electrons. The highest BCUT2D eigenvalue weighted by molar-refractivity contribution is 5.73. The maximum atomic E-state index is 10.0. The normalized spacial score (nSPS) is 9.43. The molecule has 0 heterocycles. The van der Waals surface area contributed by atoms with Crippen LogP contribution in [-0.4, -0.2) is 5.91 Å². The maximum absolute atomic E-state index is 10.0. The lowest BCUT2D eigenvalue weighted by atomic mass is 10.6. The van der Waals surface area contributed by atoms with Gasteiger partial charge in [0.2, 0.25) is 5.91 Å². The van der Waals surface area contributed by atoms with Crippen LogP contribution in [0.3, 0.4) is 0 Å². The summed E-state index contributed by atoms with van der Waals surface area (Å²) in [6.45, 7) is 4.81. The molecule has 2 nitrogen and oxygen atoms in total. The molecule has 0 aliphatic carbocycles. The quantitative estimate of drug-likeness (QED) is 0.507. The number of carbonyl (C=O) groups is 1. The highest BCUT2D eigenvalue weighted by atomic mass is 16.1. The van der Waals surface area contributed by atoms with Crippen LogP contribution in [0.1, 0.15) is 6.92 Å². The minimum Gasteiger partial charge on any atom is -0.333 e. The fourth-order valence-corrected chi connectivity index (χ4v) is 0.176. The summed E-state index contributed by atoms with van der Waals surface area (Å²) >= 11 is 0. The minimum absolute atomic E-state index is 0.0695. The van der Waals surface area contributed by atoms with Gasteiger partial charge in [-0.3, -0.25) is 4.79 Å². The van der Waals surface area contributed by atoms with E-state index in [9.17, 15) is 4.79 Å². The highest BCUT2D eigenvalue weighted by Crippen LogP contribution is 1.61. The van der Waals surface area contributed by atoms with Gasteiger partial charge in [0.25, 0.3) is 0 Å². The van der Waals surface area contributed by atoms with Gasteiger partial charge in [-0.15, -0.1) is 0 Å². The third-order valence-corrected chi connectivity index (χ3v) is 0.404. The number of hydrogen-bond acceptors (Lipinski definition) is 1. The van der Waals surface area contributed by atoms with Crippen molar-refractivity contribution in [1.29, 1.82) is 0 Å². The fourth-order valence-electron chi connectivity index (χ4n) is 0.176. The van der Waals surface area contributed by atoms with Gasteiger partial charge in [-0.25, -0.2) is 0 Å². The molecular formula is C5H8NO. The topological polar surface area (TPSA) is 29.1 Å². The van der Waals surface area contributed by atoms with Crippen molar-refractivity contribution in [3.8, 4) is 0 Å². The predicted octanol–water partition coefficient (Wildman–Crippen LogP) is 0.470. The average Bonchev–Trinajstić information content (AvgIpc) is 1.61. The number of carbonyl (C=O) groups excluding carboxylic acids is 1. The second-order valence-corrected chi connectivity index (χ2v) is 1.10. The lowest BCUT2D eigenvalue weighted by molar-refractivity contribution is -0.118. The molecular weight excluding hydrogens is 90.1 g/mol. The summed E-state index contributed by atoms with van der Waals surface area (Å²) < 4.78 is 0. The summed E-state index contributed by atoms with van der Waals surface area (Å²) in [7, 11) is 0. The lowest BCUT2D eigenvalue weighted by Gasteiger charge is -1.85. The van der Waals surface area contributed by atoms with E-state index in [4.69, 9.17) is 0 Å². The molecule has 0 saturated carbocycles. The van der Waals surface area contributed by atoms with Crippen LogP contribution in [0.2, 0.25) is 0 Å². The summed E-state index contributed by atoms with van der Waals surface area (Å²) in [5, 5.41) is 2.41. The first-order valence-electron chi connectivity index (χ1n) is 1.98. The van der Waals surface area contributed by atoms with Crippen LogP contribution in [0.5, 0.6) is 0 Å². The van der Waals surface area contributed by atoms with E-state index >= 15 is 0 Å². The van der Waals surface area contributed by atoms with Crippen LogP contribution in [0.4, 0.5) is 0 Å². The smallest absolute Gasteiger partial charge is 0.220 e. The third-order valence-electron chi connectivity index (χ3n) is 0.404. The third kappa shape index (κ3) is 5.21. The van der Waals surface area contributed by atoms with Crippen LogP contribution < -0.4 is 5.32 Å². The molecule has 0 spiro atoms. The standard InChI is InChI=1S/C5H8NO/c1-3-4-6-5(2)7/h3-4H,1H2,2H3,(H,6,7). The molecule has 2 heteroatoms. The SMILES string of the molecule is [CH2]C=CNC(C)=O. The van der Waals surface area contributed by atoms with E-state index in [1.165, 1.54) is 19.2 Å². The van der Waals surface area contributed by atoms with Crippen LogP contribution >= 0.6 is 0 Å². The first kappa shape index (κ1) is 6.21. The van der Waals surface area contributed by atoms with Crippen LogP contribution in [0.25, 0.3) is 0 Å². The maximum Gasteiger partial charge on any atom is 0.220 e. The largest absolute Gasteiger partial charge is 0.333 e. The van der Waals surface area contributed by atoms with E-state index in [2.05, 4.69) is 12.2 Å². The molecule has 0 aromatic carbocycles. The fraction of sp³-hybridized carbons (Fsp3) is 0.200. The Labute approximate surface area is 43.2 Å². The zero-order chi connectivity index (χ0) is 5.70. The summed E-state index contributed by atoms with van der Waals surface area (Å²) in [5.41, 5.74) is 0. The van der Waals surface area contributed by atoms with E-state index in [0.29, 0.717) is 0 Å². The Morgan fingerprint density at radius 2 is 2.43 bits per heavy atom. The zero-order valence-electron chi connectivity index (χ0n) is 4.27. The van der Waals surface area contributed by atoms with Crippen molar-refractivity contribution in [2.75, 3.05) is 0 Å². The molecule has 0 rings (SSSR count). The highest BCUT2D eigenvalue weighted by Gasteiger charge is 1.77. The Morgan fingerprint density at radius 3 is 2.57 bits per heavy atom. The van der Waals surface area contributed by atoms with Crippen molar-refractivity contribution >= 4 is 5.91 Å². The van der Waals surface area contributed by atoms with Gasteiger partial charge in [0.15, 0.2) is 0 Å². The Hall–Kier alpha value is -0.790. The van der Waals surface area contributed by atoms with Gasteiger partial charge >= 0.3 is 0 Å². The summed E-state index contributed by atoms with van der Waals surface area (Å²) in [6.07, 6.45) is 3.00. The number of amides is 1. The number of hydrogen-bond donors (Lipinski definition) is 1. The van der Waals surface area contributed by atoms with E-state index in [0.717, 1.165) is 0 Å². The van der Waals surface area contributed by atoms with E-state index in [1.807, 2.05) is 0 Å². The van der Waals surface area contributed by atoms with Crippen LogP contribution in [-0.2, 0) is 4.79 Å². The average molecular weight is 98.1 g/mol. The molecule has 0 aliphatic rings. The van der Waals surface area contributed by atoms with E-state index in [1.54, 1.807) is 0 Å². The predicted molar refractivity (Wildman–Crippen MR) is 28.3 cm³/mol. The Kier molecular flexibility index (Phi) is 3.02. The Morgan fingerprint density at radius 1 is 1.86 bits per heavy atom. The van der Waals surface area contributed by atoms with Crippen molar-refractivity contribution in [1.82, 2.24) is 5.32 Å². The molecule has 0 aromatic rings. The van der Waals surface area contributed by atoms with Crippen molar-refractivity contribution in [2.24, 2.45) is 0 Å². The second-order valence-electron chi connectivity index (χ2n) is 1.10. The zero-order valence-corrected chi connectivity index (χ0v) is 4.27. The summed E-state index contributed by atoms with van der Waals surface area (Å²) in [6, 6.07) is 0. The molecule has 1 amide bonds. The molecule has 0 bridgehead atoms. The molecule has 0 fully saturated rings. The molecule has 0 aromatic heterocycles. The first-order chi connectivity index (χ1) is 3.27. The van der Waals surface area contributed by atoms with Gasteiger partial charge < -0.3 is 5.32 Å². The number of nitrogens with one attached hydrogen (secondary N) is 1. The summed E-state index contributed by atoms with van der Waals surface area (Å²) in [5.74, 6) is -0.0695. The van der Waals surface area contributed by atoms with E-state index < -0.39 is 0 Å².